The zero-order valence-electron chi connectivity index (χ0n) is 10.4. The van der Waals surface area contributed by atoms with Crippen molar-refractivity contribution in [2.24, 2.45) is 0 Å². The SMILES string of the molecule is [c]1ccccc1Oc1ccccc1-c1ccccc1. The lowest BCUT2D eigenvalue weighted by molar-refractivity contribution is 0.483. The van der Waals surface area contributed by atoms with Gasteiger partial charge in [-0.1, -0.05) is 66.7 Å². The molecule has 0 saturated carbocycles. The minimum atomic E-state index is 0.728. The molecule has 3 aromatic carbocycles. The molecule has 0 heterocycles. The molecule has 1 radical (unpaired) electrons. The van der Waals surface area contributed by atoms with Gasteiger partial charge in [-0.2, -0.15) is 0 Å². The maximum Gasteiger partial charge on any atom is 0.135 e. The Morgan fingerprint density at radius 3 is 2.21 bits per heavy atom. The maximum atomic E-state index is 5.91. The molecule has 0 aliphatic rings. The van der Waals surface area contributed by atoms with E-state index in [-0.39, 0.29) is 0 Å². The highest BCUT2D eigenvalue weighted by atomic mass is 16.5. The first kappa shape index (κ1) is 11.5. The van der Waals surface area contributed by atoms with Gasteiger partial charge in [-0.05, 0) is 17.7 Å². The van der Waals surface area contributed by atoms with Crippen molar-refractivity contribution in [2.75, 3.05) is 0 Å². The fraction of sp³-hybridized carbons (Fsp3) is 0. The molecule has 0 aromatic heterocycles. The third-order valence-corrected chi connectivity index (χ3v) is 2.87. The van der Waals surface area contributed by atoms with Crippen LogP contribution < -0.4 is 4.74 Å². The van der Waals surface area contributed by atoms with E-state index in [0.717, 1.165) is 22.6 Å². The molecule has 3 rings (SSSR count). The van der Waals surface area contributed by atoms with Gasteiger partial charge in [0.2, 0.25) is 0 Å². The van der Waals surface area contributed by atoms with Crippen LogP contribution in [-0.2, 0) is 0 Å². The average Bonchev–Trinajstić information content (AvgIpc) is 2.50. The number of benzene rings is 3. The van der Waals surface area contributed by atoms with Crippen molar-refractivity contribution >= 4 is 0 Å². The summed E-state index contributed by atoms with van der Waals surface area (Å²) in [5.74, 6) is 1.57. The molecule has 0 amide bonds. The smallest absolute Gasteiger partial charge is 0.135 e. The van der Waals surface area contributed by atoms with Gasteiger partial charge in [0, 0.05) is 11.6 Å². The molecular weight excluding hydrogens is 232 g/mol. The summed E-state index contributed by atoms with van der Waals surface area (Å²) in [6.45, 7) is 0. The molecule has 91 valence electrons. The Hall–Kier alpha value is -2.54. The summed E-state index contributed by atoms with van der Waals surface area (Å²) in [4.78, 5) is 0. The van der Waals surface area contributed by atoms with E-state index in [1.807, 2.05) is 60.7 Å². The fourth-order valence-corrected chi connectivity index (χ4v) is 1.97. The van der Waals surface area contributed by atoms with E-state index in [0.29, 0.717) is 0 Å². The van der Waals surface area contributed by atoms with Crippen LogP contribution in [0.4, 0.5) is 0 Å². The lowest BCUT2D eigenvalue weighted by atomic mass is 10.1. The summed E-state index contributed by atoms with van der Waals surface area (Å²) in [6, 6.07) is 29.0. The van der Waals surface area contributed by atoms with E-state index in [2.05, 4.69) is 24.3 Å². The molecule has 1 nitrogen and oxygen atoms in total. The lowest BCUT2D eigenvalue weighted by Gasteiger charge is -2.10. The Kier molecular flexibility index (Phi) is 3.28. The minimum absolute atomic E-state index is 0.728. The van der Waals surface area contributed by atoms with Crippen LogP contribution in [0.15, 0.2) is 78.9 Å². The highest BCUT2D eigenvalue weighted by Gasteiger charge is 2.05. The number of ether oxygens (including phenoxy) is 1. The standard InChI is InChI=1S/C18H13O/c1-3-9-15(10-4-1)17-13-7-8-14-18(17)19-16-11-5-2-6-12-16/h1-11,13-14H. The number of hydrogen-bond acceptors (Lipinski definition) is 1. The van der Waals surface area contributed by atoms with Gasteiger partial charge in [0.05, 0.1) is 0 Å². The molecule has 0 spiro atoms. The van der Waals surface area contributed by atoms with E-state index in [9.17, 15) is 0 Å². The Labute approximate surface area is 113 Å². The Morgan fingerprint density at radius 1 is 0.684 bits per heavy atom. The molecule has 19 heavy (non-hydrogen) atoms. The van der Waals surface area contributed by atoms with Crippen molar-refractivity contribution in [3.05, 3.63) is 84.9 Å². The number of hydrogen-bond donors (Lipinski definition) is 0. The summed E-state index contributed by atoms with van der Waals surface area (Å²) < 4.78 is 5.91. The lowest BCUT2D eigenvalue weighted by Crippen LogP contribution is -1.87. The van der Waals surface area contributed by atoms with Gasteiger partial charge in [-0.3, -0.25) is 0 Å². The van der Waals surface area contributed by atoms with E-state index in [1.54, 1.807) is 0 Å². The van der Waals surface area contributed by atoms with Crippen LogP contribution in [0.1, 0.15) is 0 Å². The number of para-hydroxylation sites is 2. The molecule has 3 aromatic rings. The van der Waals surface area contributed by atoms with Crippen LogP contribution in [-0.4, -0.2) is 0 Å². The van der Waals surface area contributed by atoms with E-state index < -0.39 is 0 Å². The van der Waals surface area contributed by atoms with Crippen LogP contribution >= 0.6 is 0 Å². The number of rotatable bonds is 3. The summed E-state index contributed by atoms with van der Waals surface area (Å²) in [7, 11) is 0. The van der Waals surface area contributed by atoms with Gasteiger partial charge < -0.3 is 4.74 Å². The monoisotopic (exact) mass is 245 g/mol. The van der Waals surface area contributed by atoms with Crippen molar-refractivity contribution in [1.29, 1.82) is 0 Å². The van der Waals surface area contributed by atoms with E-state index in [1.165, 1.54) is 0 Å². The van der Waals surface area contributed by atoms with Crippen molar-refractivity contribution in [3.8, 4) is 22.6 Å². The Morgan fingerprint density at radius 2 is 1.42 bits per heavy atom. The minimum Gasteiger partial charge on any atom is -0.456 e. The predicted molar refractivity (Wildman–Crippen MR) is 77.2 cm³/mol. The third kappa shape index (κ3) is 2.66. The molecular formula is C18H13O. The molecule has 0 atom stereocenters. The summed E-state index contributed by atoms with van der Waals surface area (Å²) in [5, 5.41) is 0. The normalized spacial score (nSPS) is 10.1. The van der Waals surface area contributed by atoms with Crippen LogP contribution in [0, 0.1) is 6.07 Å². The van der Waals surface area contributed by atoms with Crippen molar-refractivity contribution in [1.82, 2.24) is 0 Å². The molecule has 0 fully saturated rings. The zero-order valence-corrected chi connectivity index (χ0v) is 10.4. The van der Waals surface area contributed by atoms with Crippen molar-refractivity contribution in [2.45, 2.75) is 0 Å². The van der Waals surface area contributed by atoms with Gasteiger partial charge in [-0.15, -0.1) is 0 Å². The summed E-state index contributed by atoms with van der Waals surface area (Å²) in [6.07, 6.45) is 0. The Balaban J connectivity index is 1.99. The predicted octanol–water partition coefficient (Wildman–Crippen LogP) is 4.95. The van der Waals surface area contributed by atoms with Gasteiger partial charge in [0.1, 0.15) is 11.5 Å². The zero-order chi connectivity index (χ0) is 12.9. The molecule has 0 aliphatic heterocycles. The van der Waals surface area contributed by atoms with Crippen molar-refractivity contribution in [3.63, 3.8) is 0 Å². The average molecular weight is 245 g/mol. The van der Waals surface area contributed by atoms with E-state index >= 15 is 0 Å². The second-order valence-corrected chi connectivity index (χ2v) is 4.19. The second kappa shape index (κ2) is 5.40. The van der Waals surface area contributed by atoms with Crippen molar-refractivity contribution < 1.29 is 4.74 Å². The van der Waals surface area contributed by atoms with Gasteiger partial charge in [0.25, 0.3) is 0 Å². The van der Waals surface area contributed by atoms with Crippen LogP contribution in [0.25, 0.3) is 11.1 Å². The van der Waals surface area contributed by atoms with Crippen LogP contribution in [0.5, 0.6) is 11.5 Å². The third-order valence-electron chi connectivity index (χ3n) is 2.87. The quantitative estimate of drug-likeness (QED) is 0.634. The van der Waals surface area contributed by atoms with Gasteiger partial charge in [-0.25, -0.2) is 0 Å². The largest absolute Gasteiger partial charge is 0.456 e. The maximum absolute atomic E-state index is 5.91. The molecule has 1 heteroatoms. The van der Waals surface area contributed by atoms with E-state index in [4.69, 9.17) is 4.74 Å². The van der Waals surface area contributed by atoms with Crippen LogP contribution in [0.2, 0.25) is 0 Å². The molecule has 0 unspecified atom stereocenters. The first-order valence-corrected chi connectivity index (χ1v) is 6.22. The Bertz CT molecular complexity index is 645. The molecule has 0 aliphatic carbocycles. The fourth-order valence-electron chi connectivity index (χ4n) is 1.97. The highest BCUT2D eigenvalue weighted by molar-refractivity contribution is 5.70. The van der Waals surface area contributed by atoms with Gasteiger partial charge in [0.15, 0.2) is 0 Å². The first-order chi connectivity index (χ1) is 9.43. The summed E-state index contributed by atoms with van der Waals surface area (Å²) >= 11 is 0. The summed E-state index contributed by atoms with van der Waals surface area (Å²) in [5.41, 5.74) is 2.23. The van der Waals surface area contributed by atoms with Crippen LogP contribution in [0.3, 0.4) is 0 Å². The second-order valence-electron chi connectivity index (χ2n) is 4.19. The molecule has 0 saturated heterocycles. The molecule has 0 bridgehead atoms. The highest BCUT2D eigenvalue weighted by Crippen LogP contribution is 2.32. The molecule has 0 N–H and O–H groups in total. The topological polar surface area (TPSA) is 9.23 Å². The first-order valence-electron chi connectivity index (χ1n) is 6.22. The van der Waals surface area contributed by atoms with Gasteiger partial charge >= 0.3 is 0 Å².